The molecule has 0 unspecified atom stereocenters. The van der Waals surface area contributed by atoms with Gasteiger partial charge in [0.1, 0.15) is 12.4 Å². The number of hydrogen-bond donors (Lipinski definition) is 4. The molecular weight excluding hydrogens is 588 g/mol. The number of hydrogen-bond acceptors (Lipinski definition) is 7. The molecular formula is C34H58N6O6. The number of likely N-dealkylation sites (N-methyl/N-ethyl adjacent to an activating group) is 2. The van der Waals surface area contributed by atoms with Crippen molar-refractivity contribution in [1.29, 1.82) is 0 Å². The largest absolute Gasteiger partial charge is 0.445 e. The maximum atomic E-state index is 13.4. The van der Waals surface area contributed by atoms with E-state index in [-0.39, 0.29) is 60.5 Å². The van der Waals surface area contributed by atoms with E-state index in [4.69, 9.17) is 10.5 Å². The van der Waals surface area contributed by atoms with Crippen molar-refractivity contribution in [2.24, 2.45) is 17.6 Å². The maximum Gasteiger partial charge on any atom is 0.409 e. The molecule has 0 fully saturated rings. The Morgan fingerprint density at radius 2 is 1.59 bits per heavy atom. The molecule has 0 spiro atoms. The molecule has 12 heteroatoms. The summed E-state index contributed by atoms with van der Waals surface area (Å²) < 4.78 is 5.47. The van der Waals surface area contributed by atoms with E-state index in [1.807, 2.05) is 20.9 Å². The lowest BCUT2D eigenvalue weighted by atomic mass is 9.90. The second kappa shape index (κ2) is 20.5. The van der Waals surface area contributed by atoms with Gasteiger partial charge in [0.15, 0.2) is 0 Å². The Bertz CT molecular complexity index is 1120. The number of Topliss-reactive ketones (excluding diaryl/α,β-unsaturated/α-hetero) is 1. The van der Waals surface area contributed by atoms with Crippen LogP contribution in [-0.4, -0.2) is 84.8 Å². The van der Waals surface area contributed by atoms with Crippen molar-refractivity contribution in [2.45, 2.75) is 105 Å². The first-order chi connectivity index (χ1) is 21.5. The van der Waals surface area contributed by atoms with Crippen molar-refractivity contribution < 1.29 is 28.7 Å². The van der Waals surface area contributed by atoms with Gasteiger partial charge in [-0.15, -0.1) is 0 Å². The summed E-state index contributed by atoms with van der Waals surface area (Å²) in [6.45, 7) is 13.9. The fourth-order valence-electron chi connectivity index (χ4n) is 4.54. The molecule has 46 heavy (non-hydrogen) atoms. The van der Waals surface area contributed by atoms with Crippen LogP contribution in [0.3, 0.4) is 0 Å². The molecule has 0 saturated carbocycles. The quantitative estimate of drug-likeness (QED) is 0.150. The minimum atomic E-state index is -0.615. The van der Waals surface area contributed by atoms with Crippen LogP contribution in [0.5, 0.6) is 0 Å². The van der Waals surface area contributed by atoms with Crippen LogP contribution in [0, 0.1) is 11.8 Å². The summed E-state index contributed by atoms with van der Waals surface area (Å²) in [6.07, 6.45) is 2.56. The number of carbonyl (C=O) groups excluding carboxylic acids is 5. The van der Waals surface area contributed by atoms with Gasteiger partial charge in [0.25, 0.3) is 0 Å². The van der Waals surface area contributed by atoms with E-state index >= 15 is 0 Å². The third-order valence-electron chi connectivity index (χ3n) is 8.21. The van der Waals surface area contributed by atoms with Gasteiger partial charge in [-0.25, -0.2) is 9.59 Å². The maximum absolute atomic E-state index is 13.4. The van der Waals surface area contributed by atoms with Gasteiger partial charge >= 0.3 is 12.1 Å². The minimum Gasteiger partial charge on any atom is -0.445 e. The zero-order valence-corrected chi connectivity index (χ0v) is 29.2. The Balaban J connectivity index is 2.76. The summed E-state index contributed by atoms with van der Waals surface area (Å²) in [4.78, 5) is 64.8. The topological polar surface area (TPSA) is 163 Å². The van der Waals surface area contributed by atoms with Crippen LogP contribution in [0.25, 0.3) is 0 Å². The van der Waals surface area contributed by atoms with Gasteiger partial charge in [0, 0.05) is 69.1 Å². The van der Waals surface area contributed by atoms with Crippen LogP contribution < -0.4 is 21.7 Å². The first-order valence-corrected chi connectivity index (χ1v) is 16.4. The van der Waals surface area contributed by atoms with Gasteiger partial charge < -0.3 is 31.3 Å². The molecule has 0 saturated heterocycles. The van der Waals surface area contributed by atoms with Crippen LogP contribution in [-0.2, 0) is 25.7 Å². The second-order valence-corrected chi connectivity index (χ2v) is 13.3. The first-order valence-electron chi connectivity index (χ1n) is 16.4. The average Bonchev–Trinajstić information content (AvgIpc) is 2.99. The fraction of sp³-hybridized carbons (Fsp3) is 0.676. The van der Waals surface area contributed by atoms with Gasteiger partial charge in [-0.3, -0.25) is 19.3 Å². The van der Waals surface area contributed by atoms with Crippen LogP contribution in [0.1, 0.15) is 92.1 Å². The Kier molecular flexibility index (Phi) is 17.9. The Morgan fingerprint density at radius 3 is 2.15 bits per heavy atom. The molecule has 1 aromatic carbocycles. The van der Waals surface area contributed by atoms with Crippen LogP contribution >= 0.6 is 0 Å². The number of benzene rings is 1. The summed E-state index contributed by atoms with van der Waals surface area (Å²) in [5, 5.41) is 8.57. The molecule has 260 valence electrons. The number of nitrogens with two attached hydrogens (primary N) is 1. The summed E-state index contributed by atoms with van der Waals surface area (Å²) in [7, 11) is 3.73. The lowest BCUT2D eigenvalue weighted by Crippen LogP contribution is -2.43. The number of ether oxygens (including phenoxy) is 1. The Morgan fingerprint density at radius 1 is 0.935 bits per heavy atom. The number of primary amides is 1. The number of ketones is 1. The van der Waals surface area contributed by atoms with E-state index in [9.17, 15) is 24.0 Å². The molecule has 0 heterocycles. The molecule has 0 aliphatic rings. The third-order valence-corrected chi connectivity index (χ3v) is 8.21. The van der Waals surface area contributed by atoms with E-state index in [1.165, 1.54) is 0 Å². The molecule has 0 radical (unpaired) electrons. The van der Waals surface area contributed by atoms with Crippen LogP contribution in [0.4, 0.5) is 15.3 Å². The molecule has 1 rings (SSSR count). The molecule has 5 amide bonds. The number of urea groups is 1. The molecule has 0 aliphatic heterocycles. The second-order valence-electron chi connectivity index (χ2n) is 13.3. The smallest absolute Gasteiger partial charge is 0.409 e. The number of amides is 5. The van der Waals surface area contributed by atoms with Crippen LogP contribution in [0.15, 0.2) is 24.3 Å². The van der Waals surface area contributed by atoms with Crippen molar-refractivity contribution in [3.63, 3.8) is 0 Å². The Labute approximate surface area is 275 Å². The zero-order valence-electron chi connectivity index (χ0n) is 29.2. The standard InChI is InChI=1S/C34H58N6O6/c1-9-28(41)17-19-30(42)38-29(24(2)3)18-14-26(11-10-20-36-32(35)44)31(43)37-27-15-12-25(13-16-27)23-46-33(45)39(7)21-22-40(8)34(4,5)6/h12-13,15-16,24,26,29H,9-11,14,17-23H2,1-8H3,(H,37,43)(H,38,42)(H3,35,36,44)/t26-,29-/m1/s1. The lowest BCUT2D eigenvalue weighted by molar-refractivity contribution is -0.126. The summed E-state index contributed by atoms with van der Waals surface area (Å²) in [5.41, 5.74) is 6.59. The fourth-order valence-corrected chi connectivity index (χ4v) is 4.54. The van der Waals surface area contributed by atoms with Gasteiger partial charge in [-0.05, 0) is 77.1 Å². The monoisotopic (exact) mass is 646 g/mol. The minimum absolute atomic E-state index is 0.00930. The van der Waals surface area contributed by atoms with Gasteiger partial charge in [0.2, 0.25) is 11.8 Å². The normalized spacial score (nSPS) is 12.7. The van der Waals surface area contributed by atoms with E-state index in [1.54, 1.807) is 43.1 Å². The lowest BCUT2D eigenvalue weighted by Gasteiger charge is -2.33. The Hall–Kier alpha value is -3.67. The van der Waals surface area contributed by atoms with E-state index in [0.29, 0.717) is 50.9 Å². The van der Waals surface area contributed by atoms with Crippen molar-refractivity contribution in [3.8, 4) is 0 Å². The highest BCUT2D eigenvalue weighted by Crippen LogP contribution is 2.21. The van der Waals surface area contributed by atoms with Crippen molar-refractivity contribution in [2.75, 3.05) is 39.0 Å². The van der Waals surface area contributed by atoms with E-state index < -0.39 is 12.1 Å². The molecule has 0 bridgehead atoms. The molecule has 2 atom stereocenters. The summed E-state index contributed by atoms with van der Waals surface area (Å²) in [6, 6.07) is 6.37. The predicted octanol–water partition coefficient (Wildman–Crippen LogP) is 4.67. The summed E-state index contributed by atoms with van der Waals surface area (Å²) >= 11 is 0. The molecule has 12 nitrogen and oxygen atoms in total. The van der Waals surface area contributed by atoms with Crippen molar-refractivity contribution in [1.82, 2.24) is 20.4 Å². The summed E-state index contributed by atoms with van der Waals surface area (Å²) in [5.74, 6) is -0.519. The molecule has 0 aliphatic carbocycles. The number of nitrogens with zero attached hydrogens (tertiary/aromatic N) is 2. The van der Waals surface area contributed by atoms with Crippen molar-refractivity contribution >= 4 is 35.4 Å². The van der Waals surface area contributed by atoms with Gasteiger partial charge in [-0.1, -0.05) is 32.9 Å². The number of nitrogens with one attached hydrogen (secondary N) is 3. The highest BCUT2D eigenvalue weighted by Gasteiger charge is 2.24. The highest BCUT2D eigenvalue weighted by atomic mass is 16.6. The molecule has 5 N–H and O–H groups in total. The van der Waals surface area contributed by atoms with Gasteiger partial charge in [-0.2, -0.15) is 0 Å². The number of carbonyl (C=O) groups is 5. The number of rotatable bonds is 20. The molecule has 0 aromatic heterocycles. The third kappa shape index (κ3) is 16.6. The average molecular weight is 647 g/mol. The highest BCUT2D eigenvalue weighted by molar-refractivity contribution is 5.92. The van der Waals surface area contributed by atoms with Crippen LogP contribution in [0.2, 0.25) is 0 Å². The van der Waals surface area contributed by atoms with Crippen molar-refractivity contribution in [3.05, 3.63) is 29.8 Å². The first kappa shape index (κ1) is 40.4. The zero-order chi connectivity index (χ0) is 34.9. The number of anilines is 1. The SMILES string of the molecule is CCC(=O)CCC(=O)N[C@H](CC[C@@H](CCCNC(N)=O)C(=O)Nc1ccc(COC(=O)N(C)CCN(C)C(C)(C)C)cc1)C(C)C. The van der Waals surface area contributed by atoms with Gasteiger partial charge in [0.05, 0.1) is 0 Å². The molecule has 1 aromatic rings. The predicted molar refractivity (Wildman–Crippen MR) is 181 cm³/mol. The van der Waals surface area contributed by atoms with E-state index in [2.05, 4.69) is 41.6 Å². The van der Waals surface area contributed by atoms with E-state index in [0.717, 1.165) is 12.1 Å².